The number of morpholine rings is 1. The van der Waals surface area contributed by atoms with Crippen LogP contribution in [0.3, 0.4) is 0 Å². The predicted molar refractivity (Wildman–Crippen MR) is 78.6 cm³/mol. The lowest BCUT2D eigenvalue weighted by molar-refractivity contribution is 0.00336. The second-order valence-corrected chi connectivity index (χ2v) is 5.42. The van der Waals surface area contributed by atoms with Crippen LogP contribution in [0.25, 0.3) is 11.0 Å². The number of benzene rings is 1. The number of anilines is 1. The van der Waals surface area contributed by atoms with Crippen LogP contribution in [0.5, 0.6) is 0 Å². The molecule has 0 bridgehead atoms. The molecule has 1 aromatic heterocycles. The number of ether oxygens (including phenoxy) is 1. The van der Waals surface area contributed by atoms with E-state index in [0.29, 0.717) is 34.2 Å². The molecule has 0 saturated carbocycles. The monoisotopic (exact) mass is 313 g/mol. The Morgan fingerprint density at radius 2 is 2.05 bits per heavy atom. The highest BCUT2D eigenvalue weighted by atomic mass is 35.5. The van der Waals surface area contributed by atoms with Gasteiger partial charge in [0.15, 0.2) is 0 Å². The van der Waals surface area contributed by atoms with Gasteiger partial charge in [-0.15, -0.1) is 0 Å². The van der Waals surface area contributed by atoms with Crippen molar-refractivity contribution in [3.8, 4) is 0 Å². The van der Waals surface area contributed by atoms with Gasteiger partial charge in [0.2, 0.25) is 0 Å². The number of rotatable bonds is 2. The molecule has 1 aliphatic heterocycles. The highest BCUT2D eigenvalue weighted by Gasteiger charge is 2.21. The van der Waals surface area contributed by atoms with Crippen LogP contribution in [0.15, 0.2) is 18.3 Å². The van der Waals surface area contributed by atoms with Gasteiger partial charge in [-0.2, -0.15) is 0 Å². The normalized spacial score (nSPS) is 19.6. The molecule has 20 heavy (non-hydrogen) atoms. The topological polar surface area (TPSA) is 58.5 Å². The molecule has 1 N–H and O–H groups in total. The standard InChI is InChI=1S/C13H13Cl2N3O2/c14-9-3-11-12(4-10(9)15)17-13(5-16-11)18-1-2-20-8(6-18)7-19/h3-5,8,19H,1-2,6-7H2/t8-/m1/s1. The van der Waals surface area contributed by atoms with E-state index >= 15 is 0 Å². The molecule has 2 aromatic rings. The van der Waals surface area contributed by atoms with Gasteiger partial charge in [0.1, 0.15) is 5.82 Å². The first kappa shape index (κ1) is 13.8. The summed E-state index contributed by atoms with van der Waals surface area (Å²) in [6.45, 7) is 1.88. The highest BCUT2D eigenvalue weighted by Crippen LogP contribution is 2.27. The quantitative estimate of drug-likeness (QED) is 0.920. The Morgan fingerprint density at radius 1 is 1.30 bits per heavy atom. The van der Waals surface area contributed by atoms with Crippen molar-refractivity contribution in [1.82, 2.24) is 9.97 Å². The SMILES string of the molecule is OC[C@H]1CN(c2cnc3cc(Cl)c(Cl)cc3n2)CCO1. The summed E-state index contributed by atoms with van der Waals surface area (Å²) in [7, 11) is 0. The molecule has 1 saturated heterocycles. The molecule has 0 spiro atoms. The zero-order valence-electron chi connectivity index (χ0n) is 10.6. The average molecular weight is 314 g/mol. The van der Waals surface area contributed by atoms with E-state index in [1.165, 1.54) is 0 Å². The van der Waals surface area contributed by atoms with E-state index in [4.69, 9.17) is 27.9 Å². The van der Waals surface area contributed by atoms with Crippen LogP contribution < -0.4 is 4.90 Å². The minimum atomic E-state index is -0.185. The zero-order valence-corrected chi connectivity index (χ0v) is 12.1. The first-order valence-electron chi connectivity index (χ1n) is 6.26. The van der Waals surface area contributed by atoms with Crippen LogP contribution in [0, 0.1) is 0 Å². The van der Waals surface area contributed by atoms with E-state index < -0.39 is 0 Å². The Morgan fingerprint density at radius 3 is 2.80 bits per heavy atom. The second-order valence-electron chi connectivity index (χ2n) is 4.60. The van der Waals surface area contributed by atoms with Crippen molar-refractivity contribution >= 4 is 40.1 Å². The number of aromatic nitrogens is 2. The molecule has 0 unspecified atom stereocenters. The fourth-order valence-electron chi connectivity index (χ4n) is 2.19. The molecule has 1 aliphatic rings. The number of hydrogen-bond acceptors (Lipinski definition) is 5. The summed E-state index contributed by atoms with van der Waals surface area (Å²) >= 11 is 12.0. The van der Waals surface area contributed by atoms with Crippen LogP contribution in [-0.4, -0.2) is 47.5 Å². The van der Waals surface area contributed by atoms with Crippen LogP contribution in [0.1, 0.15) is 0 Å². The molecule has 1 atom stereocenters. The van der Waals surface area contributed by atoms with Crippen LogP contribution in [0.4, 0.5) is 5.82 Å². The number of aliphatic hydroxyl groups excluding tert-OH is 1. The van der Waals surface area contributed by atoms with Crippen molar-refractivity contribution in [2.75, 3.05) is 31.2 Å². The summed E-state index contributed by atoms with van der Waals surface area (Å²) in [6, 6.07) is 3.41. The van der Waals surface area contributed by atoms with Crippen molar-refractivity contribution in [2.45, 2.75) is 6.10 Å². The first-order chi connectivity index (χ1) is 9.67. The smallest absolute Gasteiger partial charge is 0.148 e. The van der Waals surface area contributed by atoms with Gasteiger partial charge in [0.25, 0.3) is 0 Å². The summed E-state index contributed by atoms with van der Waals surface area (Å²) in [6.07, 6.45) is 1.52. The number of fused-ring (bicyclic) bond motifs is 1. The minimum absolute atomic E-state index is 0.00105. The van der Waals surface area contributed by atoms with Gasteiger partial charge < -0.3 is 14.7 Å². The van der Waals surface area contributed by atoms with Crippen molar-refractivity contribution in [3.63, 3.8) is 0 Å². The summed E-state index contributed by atoms with van der Waals surface area (Å²) in [4.78, 5) is 11.0. The molecule has 1 fully saturated rings. The summed E-state index contributed by atoms with van der Waals surface area (Å²) < 4.78 is 5.42. The van der Waals surface area contributed by atoms with Gasteiger partial charge in [-0.1, -0.05) is 23.2 Å². The minimum Gasteiger partial charge on any atom is -0.394 e. The van der Waals surface area contributed by atoms with Gasteiger partial charge in [-0.05, 0) is 12.1 Å². The largest absolute Gasteiger partial charge is 0.394 e. The molecule has 1 aromatic carbocycles. The van der Waals surface area contributed by atoms with Crippen LogP contribution >= 0.6 is 23.2 Å². The van der Waals surface area contributed by atoms with Gasteiger partial charge in [0.05, 0.1) is 46.6 Å². The molecule has 2 heterocycles. The van der Waals surface area contributed by atoms with E-state index in [2.05, 4.69) is 9.97 Å². The first-order valence-corrected chi connectivity index (χ1v) is 7.02. The van der Waals surface area contributed by atoms with Crippen molar-refractivity contribution in [1.29, 1.82) is 0 Å². The Bertz CT molecular complexity index is 638. The molecule has 5 nitrogen and oxygen atoms in total. The van der Waals surface area contributed by atoms with E-state index in [9.17, 15) is 5.11 Å². The molecule has 0 radical (unpaired) electrons. The summed E-state index contributed by atoms with van der Waals surface area (Å²) in [5.74, 6) is 0.748. The fraction of sp³-hybridized carbons (Fsp3) is 0.385. The van der Waals surface area contributed by atoms with Gasteiger partial charge in [-0.25, -0.2) is 4.98 Å². The molecular formula is C13H13Cl2N3O2. The number of halogens is 2. The van der Waals surface area contributed by atoms with E-state index in [1.54, 1.807) is 18.3 Å². The lowest BCUT2D eigenvalue weighted by Crippen LogP contribution is -2.44. The molecule has 0 amide bonds. The highest BCUT2D eigenvalue weighted by molar-refractivity contribution is 6.42. The maximum absolute atomic E-state index is 9.17. The lowest BCUT2D eigenvalue weighted by atomic mass is 10.2. The Labute approximate surface area is 126 Å². The van der Waals surface area contributed by atoms with Crippen LogP contribution in [0.2, 0.25) is 10.0 Å². The third kappa shape index (κ3) is 2.67. The van der Waals surface area contributed by atoms with Gasteiger partial charge in [-0.3, -0.25) is 4.98 Å². The van der Waals surface area contributed by atoms with Crippen molar-refractivity contribution in [2.24, 2.45) is 0 Å². The molecular weight excluding hydrogens is 301 g/mol. The molecule has 7 heteroatoms. The van der Waals surface area contributed by atoms with Crippen LogP contribution in [-0.2, 0) is 4.74 Å². The zero-order chi connectivity index (χ0) is 14.1. The lowest BCUT2D eigenvalue weighted by Gasteiger charge is -2.32. The van der Waals surface area contributed by atoms with Gasteiger partial charge >= 0.3 is 0 Å². The van der Waals surface area contributed by atoms with E-state index in [0.717, 1.165) is 12.4 Å². The molecule has 0 aliphatic carbocycles. The third-order valence-corrected chi connectivity index (χ3v) is 3.96. The predicted octanol–water partition coefficient (Wildman–Crippen LogP) is 2.13. The Hall–Kier alpha value is -1.14. The second kappa shape index (κ2) is 5.69. The Kier molecular flexibility index (Phi) is 3.94. The Balaban J connectivity index is 1.94. The fourth-order valence-corrected chi connectivity index (χ4v) is 2.50. The number of nitrogens with zero attached hydrogens (tertiary/aromatic N) is 3. The summed E-state index contributed by atoms with van der Waals surface area (Å²) in [5.41, 5.74) is 1.40. The van der Waals surface area contributed by atoms with Gasteiger partial charge in [0, 0.05) is 13.1 Å². The third-order valence-electron chi connectivity index (χ3n) is 3.24. The molecule has 3 rings (SSSR count). The maximum atomic E-state index is 9.17. The number of aliphatic hydroxyl groups is 1. The average Bonchev–Trinajstić information content (AvgIpc) is 2.48. The van der Waals surface area contributed by atoms with Crippen molar-refractivity contribution in [3.05, 3.63) is 28.4 Å². The number of hydrogen-bond donors (Lipinski definition) is 1. The van der Waals surface area contributed by atoms with E-state index in [-0.39, 0.29) is 12.7 Å². The molecule has 106 valence electrons. The van der Waals surface area contributed by atoms with Crippen molar-refractivity contribution < 1.29 is 9.84 Å². The van der Waals surface area contributed by atoms with E-state index in [1.807, 2.05) is 4.90 Å². The maximum Gasteiger partial charge on any atom is 0.148 e. The summed E-state index contributed by atoms with van der Waals surface area (Å²) in [5, 5.41) is 10.1.